The molecule has 0 atom stereocenters. The minimum Gasteiger partial charge on any atom is -0.349 e. The Morgan fingerprint density at radius 1 is 0.882 bits per heavy atom. The molecule has 0 bridgehead atoms. The van der Waals surface area contributed by atoms with E-state index in [2.05, 4.69) is 24.3 Å². The molecule has 0 unspecified atom stereocenters. The molecule has 2 aromatic carbocycles. The molecule has 2 heteroatoms. The largest absolute Gasteiger partial charge is 0.349 e. The Balaban J connectivity index is 2.44. The molecule has 0 saturated heterocycles. The van der Waals surface area contributed by atoms with Crippen molar-refractivity contribution in [2.24, 2.45) is 0 Å². The van der Waals surface area contributed by atoms with E-state index in [1.54, 1.807) is 0 Å². The first-order valence-electron chi connectivity index (χ1n) is 6.07. The van der Waals surface area contributed by atoms with Crippen LogP contribution in [0.15, 0.2) is 42.5 Å². The lowest BCUT2D eigenvalue weighted by atomic mass is 10.0. The van der Waals surface area contributed by atoms with Gasteiger partial charge in [-0.05, 0) is 24.6 Å². The third-order valence-electron chi connectivity index (χ3n) is 2.71. The van der Waals surface area contributed by atoms with Crippen LogP contribution in [0.25, 0.3) is 10.8 Å². The molecule has 90 valence electrons. The summed E-state index contributed by atoms with van der Waals surface area (Å²) in [5, 5.41) is 2.41. The van der Waals surface area contributed by atoms with Crippen LogP contribution in [-0.2, 0) is 9.47 Å². The van der Waals surface area contributed by atoms with Gasteiger partial charge in [0.25, 0.3) is 0 Å². The quantitative estimate of drug-likeness (QED) is 0.725. The standard InChI is InChI=1S/C15H18O2/c1-3-16-15(17-4-2)14-11-7-9-12-8-5-6-10-13(12)14/h5-11,15H,3-4H2,1-2H3. The van der Waals surface area contributed by atoms with E-state index in [1.807, 2.05) is 32.0 Å². The number of hydrogen-bond acceptors (Lipinski definition) is 2. The Hall–Kier alpha value is -1.38. The fourth-order valence-corrected chi connectivity index (χ4v) is 1.99. The maximum atomic E-state index is 5.65. The Kier molecular flexibility index (Phi) is 4.13. The second kappa shape index (κ2) is 5.80. The van der Waals surface area contributed by atoms with Gasteiger partial charge < -0.3 is 9.47 Å². The van der Waals surface area contributed by atoms with E-state index in [4.69, 9.17) is 9.47 Å². The van der Waals surface area contributed by atoms with E-state index >= 15 is 0 Å². The molecule has 0 aliphatic heterocycles. The summed E-state index contributed by atoms with van der Waals surface area (Å²) in [5.41, 5.74) is 1.10. The molecule has 2 nitrogen and oxygen atoms in total. The van der Waals surface area contributed by atoms with E-state index in [9.17, 15) is 0 Å². The highest BCUT2D eigenvalue weighted by atomic mass is 16.7. The number of rotatable bonds is 5. The summed E-state index contributed by atoms with van der Waals surface area (Å²) < 4.78 is 11.3. The molecular formula is C15H18O2. The summed E-state index contributed by atoms with van der Waals surface area (Å²) in [5.74, 6) is 0. The lowest BCUT2D eigenvalue weighted by Crippen LogP contribution is -2.09. The van der Waals surface area contributed by atoms with Crippen molar-refractivity contribution in [3.05, 3.63) is 48.0 Å². The van der Waals surface area contributed by atoms with Gasteiger partial charge in [0.1, 0.15) is 0 Å². The van der Waals surface area contributed by atoms with Crippen LogP contribution in [0.4, 0.5) is 0 Å². The topological polar surface area (TPSA) is 18.5 Å². The average molecular weight is 230 g/mol. The van der Waals surface area contributed by atoms with Gasteiger partial charge in [-0.15, -0.1) is 0 Å². The zero-order chi connectivity index (χ0) is 12.1. The zero-order valence-corrected chi connectivity index (χ0v) is 10.3. The van der Waals surface area contributed by atoms with Gasteiger partial charge >= 0.3 is 0 Å². The van der Waals surface area contributed by atoms with Crippen molar-refractivity contribution in [2.45, 2.75) is 20.1 Å². The van der Waals surface area contributed by atoms with E-state index < -0.39 is 0 Å². The van der Waals surface area contributed by atoms with Gasteiger partial charge in [-0.2, -0.15) is 0 Å². The first-order valence-corrected chi connectivity index (χ1v) is 6.07. The Morgan fingerprint density at radius 3 is 2.24 bits per heavy atom. The first kappa shape index (κ1) is 12.1. The summed E-state index contributed by atoms with van der Waals surface area (Å²) in [6, 6.07) is 14.5. The van der Waals surface area contributed by atoms with Gasteiger partial charge in [0.2, 0.25) is 0 Å². The van der Waals surface area contributed by atoms with Gasteiger partial charge in [0.15, 0.2) is 6.29 Å². The normalized spacial score (nSPS) is 11.2. The molecule has 0 aliphatic carbocycles. The maximum absolute atomic E-state index is 5.65. The number of fused-ring (bicyclic) bond motifs is 1. The Labute approximate surface area is 102 Å². The molecule has 0 aliphatic rings. The van der Waals surface area contributed by atoms with Crippen LogP contribution < -0.4 is 0 Å². The van der Waals surface area contributed by atoms with Crippen molar-refractivity contribution in [3.8, 4) is 0 Å². The lowest BCUT2D eigenvalue weighted by Gasteiger charge is -2.19. The van der Waals surface area contributed by atoms with Crippen molar-refractivity contribution >= 4 is 10.8 Å². The summed E-state index contributed by atoms with van der Waals surface area (Å²) in [6.07, 6.45) is -0.268. The molecular weight excluding hydrogens is 212 g/mol. The minimum atomic E-state index is -0.268. The predicted octanol–water partition coefficient (Wildman–Crippen LogP) is 3.91. The van der Waals surface area contributed by atoms with Crippen molar-refractivity contribution in [1.29, 1.82) is 0 Å². The number of benzene rings is 2. The van der Waals surface area contributed by atoms with Crippen LogP contribution >= 0.6 is 0 Å². The fourth-order valence-electron chi connectivity index (χ4n) is 1.99. The zero-order valence-electron chi connectivity index (χ0n) is 10.3. The van der Waals surface area contributed by atoms with E-state index in [0.717, 1.165) is 5.56 Å². The molecule has 17 heavy (non-hydrogen) atoms. The third-order valence-corrected chi connectivity index (χ3v) is 2.71. The molecule has 0 aromatic heterocycles. The van der Waals surface area contributed by atoms with Gasteiger partial charge in [-0.25, -0.2) is 0 Å². The summed E-state index contributed by atoms with van der Waals surface area (Å²) in [7, 11) is 0. The molecule has 0 amide bonds. The maximum Gasteiger partial charge on any atom is 0.184 e. The summed E-state index contributed by atoms with van der Waals surface area (Å²) in [4.78, 5) is 0. The summed E-state index contributed by atoms with van der Waals surface area (Å²) in [6.45, 7) is 5.26. The van der Waals surface area contributed by atoms with Gasteiger partial charge in [-0.1, -0.05) is 42.5 Å². The lowest BCUT2D eigenvalue weighted by molar-refractivity contribution is -0.139. The van der Waals surface area contributed by atoms with Crippen molar-refractivity contribution in [2.75, 3.05) is 13.2 Å². The van der Waals surface area contributed by atoms with Crippen LogP contribution in [0.1, 0.15) is 25.7 Å². The highest BCUT2D eigenvalue weighted by Gasteiger charge is 2.13. The Morgan fingerprint density at radius 2 is 1.53 bits per heavy atom. The molecule has 0 fully saturated rings. The molecule has 0 saturated carbocycles. The van der Waals surface area contributed by atoms with Crippen LogP contribution in [0, 0.1) is 0 Å². The highest BCUT2D eigenvalue weighted by Crippen LogP contribution is 2.27. The van der Waals surface area contributed by atoms with Gasteiger partial charge in [0, 0.05) is 18.8 Å². The van der Waals surface area contributed by atoms with E-state index in [-0.39, 0.29) is 6.29 Å². The summed E-state index contributed by atoms with van der Waals surface area (Å²) >= 11 is 0. The average Bonchev–Trinajstić information content (AvgIpc) is 2.38. The second-order valence-corrected chi connectivity index (χ2v) is 3.81. The third kappa shape index (κ3) is 2.65. The van der Waals surface area contributed by atoms with Gasteiger partial charge in [0.05, 0.1) is 0 Å². The highest BCUT2D eigenvalue weighted by molar-refractivity contribution is 5.85. The molecule has 2 aromatic rings. The number of ether oxygens (including phenoxy) is 2. The van der Waals surface area contributed by atoms with Crippen molar-refractivity contribution < 1.29 is 9.47 Å². The smallest absolute Gasteiger partial charge is 0.184 e. The SMILES string of the molecule is CCOC(OCC)c1cccc2ccccc12. The molecule has 0 heterocycles. The van der Waals surface area contributed by atoms with Crippen LogP contribution in [-0.4, -0.2) is 13.2 Å². The van der Waals surface area contributed by atoms with E-state index in [1.165, 1.54) is 10.8 Å². The van der Waals surface area contributed by atoms with Crippen molar-refractivity contribution in [3.63, 3.8) is 0 Å². The van der Waals surface area contributed by atoms with Gasteiger partial charge in [-0.3, -0.25) is 0 Å². The van der Waals surface area contributed by atoms with Crippen LogP contribution in [0.3, 0.4) is 0 Å². The fraction of sp³-hybridized carbons (Fsp3) is 0.333. The Bertz CT molecular complexity index is 468. The minimum absolute atomic E-state index is 0.268. The molecule has 0 spiro atoms. The first-order chi connectivity index (χ1) is 8.36. The van der Waals surface area contributed by atoms with Crippen molar-refractivity contribution in [1.82, 2.24) is 0 Å². The van der Waals surface area contributed by atoms with Crippen LogP contribution in [0.2, 0.25) is 0 Å². The molecule has 0 N–H and O–H groups in total. The second-order valence-electron chi connectivity index (χ2n) is 3.81. The monoisotopic (exact) mass is 230 g/mol. The molecule has 0 radical (unpaired) electrons. The number of hydrogen-bond donors (Lipinski definition) is 0. The van der Waals surface area contributed by atoms with Crippen LogP contribution in [0.5, 0.6) is 0 Å². The predicted molar refractivity (Wildman–Crippen MR) is 69.9 cm³/mol. The molecule has 2 rings (SSSR count). The van der Waals surface area contributed by atoms with E-state index in [0.29, 0.717) is 13.2 Å².